The second-order valence-corrected chi connectivity index (χ2v) is 1.41. The summed E-state index contributed by atoms with van der Waals surface area (Å²) in [6.07, 6.45) is 2.50. The number of rotatable bonds is 0. The molecular formula is C8H24B2. The standard InChI is InChI=1S/2C3H8.2CH4.2B/c2*1-3-2;;;;/h2*3H2,1-2H3;2*1H4;;. The smallest absolute Gasteiger partial charge is 0 e. The van der Waals surface area contributed by atoms with Gasteiger partial charge in [-0.3, -0.25) is 0 Å². The zero-order chi connectivity index (χ0) is 5.41. The van der Waals surface area contributed by atoms with Crippen LogP contribution in [0.5, 0.6) is 0 Å². The molecular weight excluding hydrogens is 118 g/mol. The number of hydrogen-bond acceptors (Lipinski definition) is 0. The van der Waals surface area contributed by atoms with Gasteiger partial charge < -0.3 is 0 Å². The van der Waals surface area contributed by atoms with Crippen molar-refractivity contribution in [2.45, 2.75) is 55.4 Å². The van der Waals surface area contributed by atoms with Crippen molar-refractivity contribution < 1.29 is 0 Å². The second kappa shape index (κ2) is 133. The Kier molecular flexibility index (Phi) is 659. The Morgan fingerprint density at radius 2 is 0.600 bits per heavy atom. The molecule has 0 aromatic rings. The minimum Gasteiger partial charge on any atom is -0.0776 e. The minimum absolute atomic E-state index is 0. The van der Waals surface area contributed by atoms with Crippen molar-refractivity contribution in [2.75, 3.05) is 0 Å². The van der Waals surface area contributed by atoms with Gasteiger partial charge in [-0.15, -0.1) is 0 Å². The van der Waals surface area contributed by atoms with Gasteiger partial charge in [0.25, 0.3) is 0 Å². The van der Waals surface area contributed by atoms with Gasteiger partial charge in [-0.25, -0.2) is 0 Å². The van der Waals surface area contributed by atoms with E-state index in [9.17, 15) is 0 Å². The van der Waals surface area contributed by atoms with E-state index in [1.54, 1.807) is 0 Å². The van der Waals surface area contributed by atoms with Gasteiger partial charge in [-0.1, -0.05) is 55.4 Å². The van der Waals surface area contributed by atoms with Gasteiger partial charge in [0.05, 0.1) is 0 Å². The highest BCUT2D eigenvalue weighted by atomic mass is 13.4. The maximum absolute atomic E-state index is 2.12. The predicted molar refractivity (Wildman–Crippen MR) is 56.9 cm³/mol. The monoisotopic (exact) mass is 142 g/mol. The molecule has 0 atom stereocenters. The Hall–Kier alpha value is 0.130. The van der Waals surface area contributed by atoms with E-state index < -0.39 is 0 Å². The molecule has 2 heteroatoms. The molecule has 0 N–H and O–H groups in total. The maximum Gasteiger partial charge on any atom is 0 e. The quantitative estimate of drug-likeness (QED) is 0.455. The van der Waals surface area contributed by atoms with Crippen molar-refractivity contribution >= 4 is 16.8 Å². The van der Waals surface area contributed by atoms with Crippen molar-refractivity contribution in [3.05, 3.63) is 0 Å². The molecule has 6 radical (unpaired) electrons. The molecule has 0 unspecified atom stereocenters. The fourth-order valence-electron chi connectivity index (χ4n) is 0. The van der Waals surface area contributed by atoms with Crippen LogP contribution < -0.4 is 0 Å². The maximum atomic E-state index is 2.12. The second-order valence-electron chi connectivity index (χ2n) is 1.41. The third-order valence-corrected chi connectivity index (χ3v) is 0. The summed E-state index contributed by atoms with van der Waals surface area (Å²) in [6, 6.07) is 0. The van der Waals surface area contributed by atoms with Crippen LogP contribution in [0.25, 0.3) is 0 Å². The Morgan fingerprint density at radius 1 is 0.600 bits per heavy atom. The van der Waals surface area contributed by atoms with Crippen molar-refractivity contribution in [1.82, 2.24) is 0 Å². The molecule has 0 amide bonds. The summed E-state index contributed by atoms with van der Waals surface area (Å²) in [7, 11) is 0. The van der Waals surface area contributed by atoms with E-state index in [-0.39, 0.29) is 31.7 Å². The summed E-state index contributed by atoms with van der Waals surface area (Å²) in [4.78, 5) is 0. The molecule has 0 aliphatic heterocycles. The van der Waals surface area contributed by atoms with Gasteiger partial charge in [-0.05, 0) is 0 Å². The van der Waals surface area contributed by atoms with Crippen LogP contribution in [0.15, 0.2) is 0 Å². The Labute approximate surface area is 73.0 Å². The first kappa shape index (κ1) is 49.5. The van der Waals surface area contributed by atoms with Crippen LogP contribution >= 0.6 is 0 Å². The van der Waals surface area contributed by atoms with Gasteiger partial charge in [0, 0.05) is 16.8 Å². The minimum atomic E-state index is 0. The highest BCUT2D eigenvalue weighted by molar-refractivity contribution is 5.76. The van der Waals surface area contributed by atoms with E-state index in [1.165, 1.54) is 12.8 Å². The summed E-state index contributed by atoms with van der Waals surface area (Å²) >= 11 is 0. The molecule has 0 saturated carbocycles. The van der Waals surface area contributed by atoms with Gasteiger partial charge in [0.1, 0.15) is 0 Å². The van der Waals surface area contributed by atoms with E-state index in [0.29, 0.717) is 0 Å². The third-order valence-electron chi connectivity index (χ3n) is 0. The summed E-state index contributed by atoms with van der Waals surface area (Å²) in [6.45, 7) is 8.50. The molecule has 0 spiro atoms. The lowest BCUT2D eigenvalue weighted by molar-refractivity contribution is 1.09. The molecule has 62 valence electrons. The lowest BCUT2D eigenvalue weighted by Crippen LogP contribution is -1.27. The summed E-state index contributed by atoms with van der Waals surface area (Å²) in [5, 5.41) is 0. The highest BCUT2D eigenvalue weighted by Crippen LogP contribution is 1.56. The molecule has 0 rings (SSSR count). The lowest BCUT2D eigenvalue weighted by atomic mass is 10.6. The van der Waals surface area contributed by atoms with Crippen molar-refractivity contribution in [2.24, 2.45) is 0 Å². The molecule has 0 heterocycles. The van der Waals surface area contributed by atoms with Crippen molar-refractivity contribution in [1.29, 1.82) is 0 Å². The molecule has 0 aromatic heterocycles. The zero-order valence-corrected chi connectivity index (χ0v) is 6.57. The van der Waals surface area contributed by atoms with E-state index in [4.69, 9.17) is 0 Å². The first-order valence-corrected chi connectivity index (χ1v) is 2.83. The van der Waals surface area contributed by atoms with Crippen molar-refractivity contribution in [3.63, 3.8) is 0 Å². The van der Waals surface area contributed by atoms with Crippen LogP contribution in [0.1, 0.15) is 55.4 Å². The normalized spacial score (nSPS) is 3.60. The average Bonchev–Trinajstić information content (AvgIpc) is 1.39. The summed E-state index contributed by atoms with van der Waals surface area (Å²) in [5.41, 5.74) is 0. The van der Waals surface area contributed by atoms with E-state index in [1.807, 2.05) is 0 Å². The molecule has 0 nitrogen and oxygen atoms in total. The molecule has 0 aliphatic carbocycles. The largest absolute Gasteiger partial charge is 0.0776 e. The van der Waals surface area contributed by atoms with Crippen LogP contribution in [0.2, 0.25) is 0 Å². The number of hydrogen-bond donors (Lipinski definition) is 0. The van der Waals surface area contributed by atoms with Gasteiger partial charge in [-0.2, -0.15) is 0 Å². The van der Waals surface area contributed by atoms with Crippen molar-refractivity contribution in [3.8, 4) is 0 Å². The van der Waals surface area contributed by atoms with E-state index in [0.717, 1.165) is 0 Å². The third kappa shape index (κ3) is 24500. The fraction of sp³-hybridized carbons (Fsp3) is 1.00. The van der Waals surface area contributed by atoms with Crippen LogP contribution in [-0.2, 0) is 0 Å². The van der Waals surface area contributed by atoms with Crippen LogP contribution in [-0.4, -0.2) is 16.8 Å². The Bertz CT molecular complexity index is 9.22. The van der Waals surface area contributed by atoms with Crippen LogP contribution in [0.3, 0.4) is 0 Å². The lowest BCUT2D eigenvalue weighted by Gasteiger charge is -1.48. The molecule has 0 aliphatic rings. The topological polar surface area (TPSA) is 0 Å². The molecule has 0 aromatic carbocycles. The van der Waals surface area contributed by atoms with Gasteiger partial charge >= 0.3 is 0 Å². The molecule has 0 saturated heterocycles. The zero-order valence-electron chi connectivity index (χ0n) is 6.57. The fourth-order valence-corrected chi connectivity index (χ4v) is 0. The van der Waals surface area contributed by atoms with Gasteiger partial charge in [0.15, 0.2) is 0 Å². The molecule has 0 fully saturated rings. The highest BCUT2D eigenvalue weighted by Gasteiger charge is 1.36. The summed E-state index contributed by atoms with van der Waals surface area (Å²) < 4.78 is 0. The average molecular weight is 142 g/mol. The first-order valence-electron chi connectivity index (χ1n) is 2.83. The van der Waals surface area contributed by atoms with Crippen LogP contribution in [0.4, 0.5) is 0 Å². The van der Waals surface area contributed by atoms with Gasteiger partial charge in [0.2, 0.25) is 0 Å². The SMILES string of the molecule is C.C.CCC.CCC.[B].[B]. The molecule has 10 heavy (non-hydrogen) atoms. The Morgan fingerprint density at radius 3 is 0.600 bits per heavy atom. The first-order chi connectivity index (χ1) is 2.83. The van der Waals surface area contributed by atoms with Crippen LogP contribution in [0, 0.1) is 0 Å². The van der Waals surface area contributed by atoms with E-state index in [2.05, 4.69) is 27.7 Å². The summed E-state index contributed by atoms with van der Waals surface area (Å²) in [5.74, 6) is 0. The predicted octanol–water partition coefficient (Wildman–Crippen LogP) is 3.34. The Balaban J connectivity index is -0.00000000571. The van der Waals surface area contributed by atoms with E-state index >= 15 is 0 Å². The molecule has 0 bridgehead atoms.